The maximum absolute atomic E-state index is 6.42. The number of benzene rings is 2. The fraction of sp³-hybridized carbons (Fsp3) is 0.419. The Morgan fingerprint density at radius 3 is 2.53 bits per heavy atom. The predicted molar refractivity (Wildman–Crippen MR) is 154 cm³/mol. The van der Waals surface area contributed by atoms with Crippen molar-refractivity contribution in [2.75, 3.05) is 46.5 Å². The predicted octanol–water partition coefficient (Wildman–Crippen LogP) is 5.32. The number of nitrogen functional groups attached to an aromatic ring is 1. The number of aromatic nitrogens is 3. The zero-order valence-electron chi connectivity index (χ0n) is 22.9. The molecule has 0 radical (unpaired) electrons. The number of hydrogen-bond acceptors (Lipinski definition) is 6. The molecule has 1 aliphatic carbocycles. The molecule has 0 spiro atoms. The van der Waals surface area contributed by atoms with Crippen LogP contribution in [-0.2, 0) is 6.61 Å². The van der Waals surface area contributed by atoms with E-state index in [9.17, 15) is 0 Å². The second-order valence-electron chi connectivity index (χ2n) is 10.9. The third-order valence-electron chi connectivity index (χ3n) is 7.68. The van der Waals surface area contributed by atoms with Crippen LogP contribution in [-0.4, -0.2) is 64.9 Å². The first-order chi connectivity index (χ1) is 18.5. The van der Waals surface area contributed by atoms with Crippen LogP contribution in [0.3, 0.4) is 0 Å². The van der Waals surface area contributed by atoms with Crippen LogP contribution in [0.1, 0.15) is 43.0 Å². The molecule has 1 fully saturated rings. The van der Waals surface area contributed by atoms with Crippen LogP contribution in [0.25, 0.3) is 16.8 Å². The molecule has 1 aliphatic rings. The van der Waals surface area contributed by atoms with Crippen molar-refractivity contribution in [3.05, 3.63) is 78.4 Å². The van der Waals surface area contributed by atoms with Gasteiger partial charge in [0.05, 0.1) is 0 Å². The van der Waals surface area contributed by atoms with Gasteiger partial charge >= 0.3 is 0 Å². The maximum Gasteiger partial charge on any atom is 0.150 e. The lowest BCUT2D eigenvalue weighted by Gasteiger charge is -2.31. The second-order valence-corrected chi connectivity index (χ2v) is 10.9. The SMILES string of the molecule is CN(C)CCN(C)CC1CCC(c2nc(-c3cccc(OCc4ccccc4)c3)c3c(N)nccn23)CC1. The fourth-order valence-electron chi connectivity index (χ4n) is 5.56. The summed E-state index contributed by atoms with van der Waals surface area (Å²) in [5.74, 6) is 3.58. The van der Waals surface area contributed by atoms with Crippen LogP contribution < -0.4 is 10.5 Å². The van der Waals surface area contributed by atoms with Crippen molar-refractivity contribution in [1.82, 2.24) is 24.2 Å². The van der Waals surface area contributed by atoms with Gasteiger partial charge in [-0.1, -0.05) is 42.5 Å². The van der Waals surface area contributed by atoms with Gasteiger partial charge in [-0.3, -0.25) is 4.40 Å². The number of nitrogens with zero attached hydrogens (tertiary/aromatic N) is 5. The van der Waals surface area contributed by atoms with Crippen molar-refractivity contribution in [2.45, 2.75) is 38.2 Å². The third kappa shape index (κ3) is 6.17. The molecular formula is C31H40N6O. The molecule has 0 unspecified atom stereocenters. The first-order valence-electron chi connectivity index (χ1n) is 13.7. The van der Waals surface area contributed by atoms with Gasteiger partial charge in [-0.25, -0.2) is 9.97 Å². The number of ether oxygens (including phenoxy) is 1. The molecule has 0 amide bonds. The summed E-state index contributed by atoms with van der Waals surface area (Å²) in [6.45, 7) is 3.90. The van der Waals surface area contributed by atoms with Crippen molar-refractivity contribution in [3.63, 3.8) is 0 Å². The van der Waals surface area contributed by atoms with E-state index >= 15 is 0 Å². The summed E-state index contributed by atoms with van der Waals surface area (Å²) in [6.07, 6.45) is 8.53. The van der Waals surface area contributed by atoms with Crippen molar-refractivity contribution in [1.29, 1.82) is 0 Å². The minimum Gasteiger partial charge on any atom is -0.489 e. The summed E-state index contributed by atoms with van der Waals surface area (Å²) in [7, 11) is 6.52. The lowest BCUT2D eigenvalue weighted by molar-refractivity contribution is 0.207. The molecule has 2 N–H and O–H groups in total. The van der Waals surface area contributed by atoms with Crippen LogP contribution in [0.4, 0.5) is 5.82 Å². The van der Waals surface area contributed by atoms with Crippen LogP contribution in [0.5, 0.6) is 5.75 Å². The van der Waals surface area contributed by atoms with Gasteiger partial charge in [0.15, 0.2) is 0 Å². The second kappa shape index (κ2) is 12.0. The van der Waals surface area contributed by atoms with Crippen LogP contribution in [0.2, 0.25) is 0 Å². The molecule has 5 rings (SSSR count). The molecule has 2 aromatic heterocycles. The fourth-order valence-corrected chi connectivity index (χ4v) is 5.56. The van der Waals surface area contributed by atoms with E-state index in [1.165, 1.54) is 19.4 Å². The molecule has 2 heterocycles. The summed E-state index contributed by atoms with van der Waals surface area (Å²) >= 11 is 0. The lowest BCUT2D eigenvalue weighted by Crippen LogP contribution is -2.33. The number of fused-ring (bicyclic) bond motifs is 1. The Kier molecular flexibility index (Phi) is 8.25. The summed E-state index contributed by atoms with van der Waals surface area (Å²) < 4.78 is 8.28. The zero-order chi connectivity index (χ0) is 26.5. The number of hydrogen-bond donors (Lipinski definition) is 1. The van der Waals surface area contributed by atoms with E-state index in [0.29, 0.717) is 18.3 Å². The van der Waals surface area contributed by atoms with E-state index in [-0.39, 0.29) is 0 Å². The summed E-state index contributed by atoms with van der Waals surface area (Å²) in [5, 5.41) is 0. The van der Waals surface area contributed by atoms with Gasteiger partial charge in [-0.2, -0.15) is 0 Å². The number of likely N-dealkylation sites (N-methyl/N-ethyl adjacent to an activating group) is 2. The quantitative estimate of drug-likeness (QED) is 0.310. The van der Waals surface area contributed by atoms with E-state index in [1.807, 2.05) is 36.5 Å². The Bertz CT molecular complexity index is 1330. The molecule has 2 aromatic carbocycles. The Morgan fingerprint density at radius 1 is 0.974 bits per heavy atom. The molecule has 200 valence electrons. The average molecular weight is 513 g/mol. The number of nitrogens with two attached hydrogens (primary N) is 1. The van der Waals surface area contributed by atoms with E-state index in [4.69, 9.17) is 15.5 Å². The molecule has 0 bridgehead atoms. The molecule has 7 nitrogen and oxygen atoms in total. The number of imidazole rings is 1. The van der Waals surface area contributed by atoms with Gasteiger partial charge in [0.25, 0.3) is 0 Å². The van der Waals surface area contributed by atoms with Gasteiger partial charge in [0.1, 0.15) is 35.2 Å². The number of rotatable bonds is 10. The monoisotopic (exact) mass is 512 g/mol. The Hall–Kier alpha value is -3.42. The highest BCUT2D eigenvalue weighted by molar-refractivity contribution is 5.85. The topological polar surface area (TPSA) is 71.9 Å². The van der Waals surface area contributed by atoms with E-state index < -0.39 is 0 Å². The number of anilines is 1. The Labute approximate surface area is 226 Å². The van der Waals surface area contributed by atoms with Crippen molar-refractivity contribution in [3.8, 4) is 17.0 Å². The molecule has 7 heteroatoms. The summed E-state index contributed by atoms with van der Waals surface area (Å²) in [4.78, 5) is 14.3. The molecule has 0 saturated heterocycles. The van der Waals surface area contributed by atoms with Crippen LogP contribution >= 0.6 is 0 Å². The van der Waals surface area contributed by atoms with Crippen molar-refractivity contribution < 1.29 is 4.74 Å². The normalized spacial score (nSPS) is 17.9. The van der Waals surface area contributed by atoms with Gasteiger partial charge < -0.3 is 20.3 Å². The smallest absolute Gasteiger partial charge is 0.150 e. The largest absolute Gasteiger partial charge is 0.489 e. The standard InChI is InChI=1S/C31H40N6O/c1-35(2)18-19-36(3)21-23-12-14-25(15-13-23)31-34-28(29-30(32)33-16-17-37(29)31)26-10-7-11-27(20-26)38-22-24-8-5-4-6-9-24/h4-11,16-17,20,23,25H,12-15,18-19,21-22H2,1-3H3,(H2,32,33). The minimum atomic E-state index is 0.416. The van der Waals surface area contributed by atoms with Gasteiger partial charge in [-0.15, -0.1) is 0 Å². The molecule has 0 atom stereocenters. The third-order valence-corrected chi connectivity index (χ3v) is 7.68. The lowest BCUT2D eigenvalue weighted by atomic mass is 9.81. The first kappa shape index (κ1) is 26.2. The Morgan fingerprint density at radius 2 is 1.76 bits per heavy atom. The van der Waals surface area contributed by atoms with Crippen LogP contribution in [0.15, 0.2) is 67.0 Å². The van der Waals surface area contributed by atoms with Gasteiger partial charge in [0.2, 0.25) is 0 Å². The highest BCUT2D eigenvalue weighted by Gasteiger charge is 2.28. The van der Waals surface area contributed by atoms with Crippen molar-refractivity contribution >= 4 is 11.3 Å². The maximum atomic E-state index is 6.42. The highest BCUT2D eigenvalue weighted by atomic mass is 16.5. The first-order valence-corrected chi connectivity index (χ1v) is 13.7. The van der Waals surface area contributed by atoms with Gasteiger partial charge in [-0.05, 0) is 70.4 Å². The molecule has 0 aliphatic heterocycles. The van der Waals surface area contributed by atoms with E-state index in [0.717, 1.165) is 65.8 Å². The average Bonchev–Trinajstić information content (AvgIpc) is 3.33. The molecule has 38 heavy (non-hydrogen) atoms. The minimum absolute atomic E-state index is 0.416. The zero-order valence-corrected chi connectivity index (χ0v) is 22.9. The van der Waals surface area contributed by atoms with Crippen LogP contribution in [0, 0.1) is 5.92 Å². The van der Waals surface area contributed by atoms with E-state index in [2.05, 4.69) is 64.6 Å². The van der Waals surface area contributed by atoms with Gasteiger partial charge in [0, 0.05) is 43.5 Å². The Balaban J connectivity index is 1.33. The van der Waals surface area contributed by atoms with Crippen molar-refractivity contribution in [2.24, 2.45) is 5.92 Å². The molecule has 1 saturated carbocycles. The highest BCUT2D eigenvalue weighted by Crippen LogP contribution is 2.39. The van der Waals surface area contributed by atoms with E-state index in [1.54, 1.807) is 6.20 Å². The molecular weight excluding hydrogens is 472 g/mol. The summed E-state index contributed by atoms with van der Waals surface area (Å²) in [6, 6.07) is 18.4. The molecule has 4 aromatic rings. The summed E-state index contributed by atoms with van der Waals surface area (Å²) in [5.41, 5.74) is 10.3.